The summed E-state index contributed by atoms with van der Waals surface area (Å²) in [5.41, 5.74) is 2.93. The highest BCUT2D eigenvalue weighted by Gasteiger charge is 2.07. The van der Waals surface area contributed by atoms with Gasteiger partial charge in [-0.1, -0.05) is 40.9 Å². The Morgan fingerprint density at radius 3 is 2.29 bits per heavy atom. The van der Waals surface area contributed by atoms with Gasteiger partial charge in [0.1, 0.15) is 12.1 Å². The van der Waals surface area contributed by atoms with Crippen LogP contribution in [0, 0.1) is 0 Å². The Morgan fingerprint density at radius 2 is 1.65 bits per heavy atom. The van der Waals surface area contributed by atoms with Gasteiger partial charge in [0.05, 0.1) is 17.8 Å². The zero-order chi connectivity index (χ0) is 24.8. The molecule has 8 nitrogen and oxygen atoms in total. The van der Waals surface area contributed by atoms with Crippen LogP contribution in [0.1, 0.15) is 25.7 Å². The third-order valence-corrected chi connectivity index (χ3v) is 5.21. The zero-order valence-corrected chi connectivity index (χ0v) is 20.5. The summed E-state index contributed by atoms with van der Waals surface area (Å²) in [6.07, 6.45) is 7.48. The molecule has 0 bridgehead atoms. The number of hydrogen-bond donors (Lipinski definition) is 3. The first-order valence-corrected chi connectivity index (χ1v) is 11.6. The van der Waals surface area contributed by atoms with Gasteiger partial charge >= 0.3 is 11.9 Å². The standard InChI is InChI=1S/C21H24BrN3O.C4H4O4/c1-23-12-4-2-3-5-13-26-18-10-11-19-20(14-18)24-15-25-21(19)16-6-8-17(22)9-7-16;5-3(6)1-2-4(7)8/h6-11,14-15,23H,2-5,12-13H2,1H3;1-2H,(H,5,6)(H,7,8)/b;2-1+. The van der Waals surface area contributed by atoms with E-state index in [9.17, 15) is 9.59 Å². The maximum atomic E-state index is 9.55. The van der Waals surface area contributed by atoms with Crippen molar-refractivity contribution in [1.82, 2.24) is 15.3 Å². The predicted octanol–water partition coefficient (Wildman–Crippen LogP) is 4.93. The van der Waals surface area contributed by atoms with Crippen LogP contribution < -0.4 is 10.1 Å². The fourth-order valence-corrected chi connectivity index (χ4v) is 3.32. The number of aliphatic carboxylic acids is 2. The zero-order valence-electron chi connectivity index (χ0n) is 18.9. The van der Waals surface area contributed by atoms with Gasteiger partial charge in [0.15, 0.2) is 0 Å². The van der Waals surface area contributed by atoms with Gasteiger partial charge in [-0.15, -0.1) is 0 Å². The predicted molar refractivity (Wildman–Crippen MR) is 135 cm³/mol. The van der Waals surface area contributed by atoms with Gasteiger partial charge in [-0.05, 0) is 50.7 Å². The van der Waals surface area contributed by atoms with Crippen molar-refractivity contribution in [3.8, 4) is 17.0 Å². The van der Waals surface area contributed by atoms with Crippen molar-refractivity contribution in [1.29, 1.82) is 0 Å². The normalized spacial score (nSPS) is 10.6. The smallest absolute Gasteiger partial charge is 0.328 e. The van der Waals surface area contributed by atoms with Crippen LogP contribution in [-0.4, -0.2) is 52.3 Å². The quantitative estimate of drug-likeness (QED) is 0.236. The largest absolute Gasteiger partial charge is 0.494 e. The van der Waals surface area contributed by atoms with E-state index in [1.165, 1.54) is 19.3 Å². The minimum atomic E-state index is -1.26. The molecule has 3 N–H and O–H groups in total. The molecule has 0 aliphatic rings. The molecule has 1 aromatic heterocycles. The topological polar surface area (TPSA) is 122 Å². The number of aromatic nitrogens is 2. The summed E-state index contributed by atoms with van der Waals surface area (Å²) in [5.74, 6) is -1.65. The van der Waals surface area contributed by atoms with Crippen LogP contribution in [-0.2, 0) is 9.59 Å². The van der Waals surface area contributed by atoms with E-state index in [2.05, 4.69) is 49.4 Å². The number of nitrogens with zero attached hydrogens (tertiary/aromatic N) is 2. The number of carboxylic acids is 2. The fourth-order valence-electron chi connectivity index (χ4n) is 3.05. The van der Waals surface area contributed by atoms with Crippen LogP contribution in [0.5, 0.6) is 5.75 Å². The van der Waals surface area contributed by atoms with Crippen LogP contribution >= 0.6 is 15.9 Å². The second kappa shape index (κ2) is 14.8. The molecule has 180 valence electrons. The van der Waals surface area contributed by atoms with Gasteiger partial charge in [-0.2, -0.15) is 0 Å². The van der Waals surface area contributed by atoms with Crippen molar-refractivity contribution in [2.75, 3.05) is 20.2 Å². The van der Waals surface area contributed by atoms with Crippen LogP contribution in [0.4, 0.5) is 0 Å². The Balaban J connectivity index is 0.000000440. The molecule has 2 aromatic carbocycles. The molecule has 0 radical (unpaired) electrons. The monoisotopic (exact) mass is 529 g/mol. The van der Waals surface area contributed by atoms with Crippen LogP contribution in [0.15, 0.2) is 65.4 Å². The Bertz CT molecular complexity index is 1090. The van der Waals surface area contributed by atoms with Crippen LogP contribution in [0.25, 0.3) is 22.2 Å². The number of carbonyl (C=O) groups is 2. The van der Waals surface area contributed by atoms with Gasteiger partial charge in [0, 0.05) is 33.6 Å². The molecule has 0 saturated heterocycles. The number of hydrogen-bond acceptors (Lipinski definition) is 6. The average molecular weight is 530 g/mol. The highest BCUT2D eigenvalue weighted by atomic mass is 79.9. The SMILES string of the molecule is CNCCCCCCOc1ccc2c(-c3ccc(Br)cc3)ncnc2c1.O=C(O)/C=C/C(=O)O. The van der Waals surface area contributed by atoms with E-state index in [1.54, 1.807) is 6.33 Å². The molecular weight excluding hydrogens is 502 g/mol. The van der Waals surface area contributed by atoms with E-state index < -0.39 is 11.9 Å². The maximum Gasteiger partial charge on any atom is 0.328 e. The van der Waals surface area contributed by atoms with E-state index in [1.807, 2.05) is 31.3 Å². The van der Waals surface area contributed by atoms with Gasteiger partial charge in [0.2, 0.25) is 0 Å². The second-order valence-electron chi connectivity index (χ2n) is 7.28. The number of rotatable bonds is 11. The number of fused-ring (bicyclic) bond motifs is 1. The lowest BCUT2D eigenvalue weighted by atomic mass is 10.1. The van der Waals surface area contributed by atoms with Crippen molar-refractivity contribution in [3.63, 3.8) is 0 Å². The van der Waals surface area contributed by atoms with Gasteiger partial charge in [-0.3, -0.25) is 0 Å². The second-order valence-corrected chi connectivity index (χ2v) is 8.20. The van der Waals surface area contributed by atoms with Crippen molar-refractivity contribution < 1.29 is 24.5 Å². The summed E-state index contributed by atoms with van der Waals surface area (Å²) in [5, 5.41) is 19.8. The minimum absolute atomic E-state index is 0.558. The van der Waals surface area contributed by atoms with Crippen molar-refractivity contribution in [2.45, 2.75) is 25.7 Å². The lowest BCUT2D eigenvalue weighted by molar-refractivity contribution is -0.134. The van der Waals surface area contributed by atoms with E-state index in [0.717, 1.165) is 52.0 Å². The average Bonchev–Trinajstić information content (AvgIpc) is 2.82. The molecule has 0 fully saturated rings. The molecule has 3 rings (SSSR count). The molecule has 9 heteroatoms. The Labute approximate surface area is 206 Å². The Morgan fingerprint density at radius 1 is 0.971 bits per heavy atom. The van der Waals surface area contributed by atoms with Crippen LogP contribution in [0.2, 0.25) is 0 Å². The van der Waals surface area contributed by atoms with Crippen molar-refractivity contribution in [3.05, 3.63) is 65.4 Å². The first-order chi connectivity index (χ1) is 16.4. The van der Waals surface area contributed by atoms with Crippen molar-refractivity contribution in [2.24, 2.45) is 0 Å². The summed E-state index contributed by atoms with van der Waals surface area (Å²) < 4.78 is 6.96. The van der Waals surface area contributed by atoms with E-state index in [0.29, 0.717) is 12.2 Å². The number of halogens is 1. The number of benzene rings is 2. The number of carboxylic acid groups (broad SMARTS) is 2. The third-order valence-electron chi connectivity index (χ3n) is 4.68. The summed E-state index contributed by atoms with van der Waals surface area (Å²) in [6, 6.07) is 14.2. The molecule has 0 atom stereocenters. The fraction of sp³-hybridized carbons (Fsp3) is 0.280. The molecule has 0 amide bonds. The molecule has 0 spiro atoms. The highest BCUT2D eigenvalue weighted by Crippen LogP contribution is 2.28. The highest BCUT2D eigenvalue weighted by molar-refractivity contribution is 9.10. The Kier molecular flexibility index (Phi) is 11.7. The molecular formula is C25H28BrN3O5. The summed E-state index contributed by atoms with van der Waals surface area (Å²) >= 11 is 3.47. The molecule has 0 saturated carbocycles. The Hall–Kier alpha value is -3.30. The summed E-state index contributed by atoms with van der Waals surface area (Å²) in [7, 11) is 1.99. The number of ether oxygens (including phenoxy) is 1. The lowest BCUT2D eigenvalue weighted by Crippen LogP contribution is -2.07. The minimum Gasteiger partial charge on any atom is -0.494 e. The molecule has 3 aromatic rings. The van der Waals surface area contributed by atoms with Crippen LogP contribution in [0.3, 0.4) is 0 Å². The lowest BCUT2D eigenvalue weighted by Gasteiger charge is -2.09. The molecule has 0 aliphatic heterocycles. The number of unbranched alkanes of at least 4 members (excludes halogenated alkanes) is 3. The van der Waals surface area contributed by atoms with E-state index in [4.69, 9.17) is 14.9 Å². The van der Waals surface area contributed by atoms with Gasteiger partial charge < -0.3 is 20.3 Å². The number of nitrogens with one attached hydrogen (secondary N) is 1. The van der Waals surface area contributed by atoms with E-state index in [-0.39, 0.29) is 0 Å². The molecule has 0 aliphatic carbocycles. The first kappa shape index (κ1) is 26.9. The van der Waals surface area contributed by atoms with Crippen molar-refractivity contribution >= 4 is 38.8 Å². The molecule has 34 heavy (non-hydrogen) atoms. The molecule has 0 unspecified atom stereocenters. The third kappa shape index (κ3) is 9.68. The summed E-state index contributed by atoms with van der Waals surface area (Å²) in [4.78, 5) is 28.0. The summed E-state index contributed by atoms with van der Waals surface area (Å²) in [6.45, 7) is 1.83. The maximum absolute atomic E-state index is 9.55. The van der Waals surface area contributed by atoms with Gasteiger partial charge in [-0.25, -0.2) is 19.6 Å². The van der Waals surface area contributed by atoms with Gasteiger partial charge in [0.25, 0.3) is 0 Å². The molecule has 1 heterocycles. The first-order valence-electron chi connectivity index (χ1n) is 10.8. The van der Waals surface area contributed by atoms with E-state index >= 15 is 0 Å².